The van der Waals surface area contributed by atoms with Gasteiger partial charge in [0.25, 0.3) is 0 Å². The minimum Gasteiger partial charge on any atom is -0.390 e. The van der Waals surface area contributed by atoms with Gasteiger partial charge in [-0.1, -0.05) is 26.7 Å². The first kappa shape index (κ1) is 27.3. The molecule has 3 aliphatic carbocycles. The van der Waals surface area contributed by atoms with E-state index in [0.717, 1.165) is 64.2 Å². The molecule has 1 aromatic rings. The Hall–Kier alpha value is -1.77. The van der Waals surface area contributed by atoms with Gasteiger partial charge in [-0.25, -0.2) is 0 Å². The molecule has 0 radical (unpaired) electrons. The Morgan fingerprint density at radius 2 is 1.92 bits per heavy atom. The second kappa shape index (κ2) is 9.84. The zero-order valence-corrected chi connectivity index (χ0v) is 22.7. The third-order valence-electron chi connectivity index (χ3n) is 10.2. The van der Waals surface area contributed by atoms with Crippen LogP contribution in [-0.2, 0) is 16.1 Å². The van der Waals surface area contributed by atoms with Crippen LogP contribution in [-0.4, -0.2) is 43.3 Å². The minimum atomic E-state index is -0.611. The number of carbonyl (C=O) groups is 2. The maximum atomic E-state index is 13.2. The molecule has 36 heavy (non-hydrogen) atoms. The van der Waals surface area contributed by atoms with Crippen LogP contribution >= 0.6 is 0 Å². The maximum absolute atomic E-state index is 13.2. The molecule has 8 nitrogen and oxygen atoms in total. The Morgan fingerprint density at radius 3 is 2.61 bits per heavy atom. The zero-order valence-electron chi connectivity index (χ0n) is 22.7. The number of aliphatic hydroxyl groups is 1. The molecule has 4 rings (SSSR count). The van der Waals surface area contributed by atoms with Crippen molar-refractivity contribution in [1.82, 2.24) is 9.78 Å². The number of aromatic nitrogens is 2. The van der Waals surface area contributed by atoms with Crippen molar-refractivity contribution in [3.8, 4) is 0 Å². The summed E-state index contributed by atoms with van der Waals surface area (Å²) in [6.45, 7) is 8.17. The van der Waals surface area contributed by atoms with Crippen molar-refractivity contribution in [2.24, 2.45) is 34.6 Å². The lowest BCUT2D eigenvalue weighted by molar-refractivity contribution is -0.135. The van der Waals surface area contributed by atoms with Gasteiger partial charge in [0.2, 0.25) is 5.91 Å². The molecule has 8 heteroatoms. The molecule has 0 saturated heterocycles. The first-order valence-electron chi connectivity index (χ1n) is 13.9. The average Bonchev–Trinajstić information content (AvgIpc) is 3.40. The van der Waals surface area contributed by atoms with E-state index in [2.05, 4.69) is 24.3 Å². The molecule has 3 fully saturated rings. The van der Waals surface area contributed by atoms with Crippen molar-refractivity contribution in [2.45, 2.75) is 122 Å². The van der Waals surface area contributed by atoms with E-state index in [1.54, 1.807) is 17.1 Å². The number of fused-ring (bicyclic) bond motifs is 1. The number of nitrogens with one attached hydrogen (secondary N) is 1. The van der Waals surface area contributed by atoms with Crippen molar-refractivity contribution in [1.29, 1.82) is 0 Å². The Labute approximate surface area is 215 Å². The molecule has 6 N–H and O–H groups in total. The zero-order chi connectivity index (χ0) is 26.4. The molecule has 0 spiro atoms. The van der Waals surface area contributed by atoms with Gasteiger partial charge in [-0.2, -0.15) is 5.10 Å². The average molecular weight is 502 g/mol. The number of carbonyl (C=O) groups excluding carboxylic acids is 2. The smallest absolute Gasteiger partial charge is 0.221 e. The molecule has 1 aromatic heterocycles. The van der Waals surface area contributed by atoms with Gasteiger partial charge in [-0.15, -0.1) is 0 Å². The highest BCUT2D eigenvalue weighted by molar-refractivity contribution is 5.88. The van der Waals surface area contributed by atoms with Gasteiger partial charge < -0.3 is 21.9 Å². The fraction of sp³-hybridized carbons (Fsp3) is 0.821. The number of rotatable bonds is 8. The lowest BCUT2D eigenvalue weighted by Crippen LogP contribution is -2.72. The topological polar surface area (TPSA) is 136 Å². The molecule has 1 heterocycles. The molecule has 3 aliphatic rings. The molecule has 0 aliphatic heterocycles. The lowest BCUT2D eigenvalue weighted by Gasteiger charge is -2.64. The molecule has 3 saturated carbocycles. The maximum Gasteiger partial charge on any atom is 0.221 e. The first-order chi connectivity index (χ1) is 16.8. The fourth-order valence-electron chi connectivity index (χ4n) is 8.08. The minimum absolute atomic E-state index is 0.0586. The van der Waals surface area contributed by atoms with Crippen LogP contribution in [0.5, 0.6) is 0 Å². The second-order valence-corrected chi connectivity index (χ2v) is 12.8. The summed E-state index contributed by atoms with van der Waals surface area (Å²) in [6.07, 6.45) is 13.1. The Bertz CT molecular complexity index is 976. The van der Waals surface area contributed by atoms with E-state index in [-0.39, 0.29) is 35.5 Å². The van der Waals surface area contributed by atoms with E-state index in [0.29, 0.717) is 18.0 Å². The summed E-state index contributed by atoms with van der Waals surface area (Å²) in [5.41, 5.74) is 13.8. The number of amides is 1. The third-order valence-corrected chi connectivity index (χ3v) is 10.2. The summed E-state index contributed by atoms with van der Waals surface area (Å²) in [5, 5.41) is 17.8. The Morgan fingerprint density at radius 1 is 1.17 bits per heavy atom. The number of Topliss-reactive ketones (excluding diaryl/α,β-unsaturated/α-hetero) is 1. The summed E-state index contributed by atoms with van der Waals surface area (Å²) < 4.78 is 1.60. The van der Waals surface area contributed by atoms with E-state index in [9.17, 15) is 14.7 Å². The molecular weight excluding hydrogens is 454 g/mol. The van der Waals surface area contributed by atoms with Gasteiger partial charge in [-0.3, -0.25) is 14.3 Å². The quantitative estimate of drug-likeness (QED) is 0.428. The molecule has 0 bridgehead atoms. The van der Waals surface area contributed by atoms with Crippen LogP contribution in [0.15, 0.2) is 12.4 Å². The molecule has 1 amide bonds. The van der Waals surface area contributed by atoms with E-state index >= 15 is 0 Å². The van der Waals surface area contributed by atoms with Crippen LogP contribution in [0.4, 0.5) is 5.69 Å². The van der Waals surface area contributed by atoms with Gasteiger partial charge in [0.1, 0.15) is 0 Å². The van der Waals surface area contributed by atoms with Crippen molar-refractivity contribution < 1.29 is 14.7 Å². The summed E-state index contributed by atoms with van der Waals surface area (Å²) in [6, 6.07) is 0. The summed E-state index contributed by atoms with van der Waals surface area (Å²) in [7, 11) is 0. The van der Waals surface area contributed by atoms with Crippen LogP contribution in [0.3, 0.4) is 0 Å². The molecule has 202 valence electrons. The summed E-state index contributed by atoms with van der Waals surface area (Å²) >= 11 is 0. The number of nitrogens with zero attached hydrogens (tertiary/aromatic N) is 2. The number of hydrogen-bond donors (Lipinski definition) is 4. The lowest BCUT2D eigenvalue weighted by atomic mass is 9.44. The highest BCUT2D eigenvalue weighted by atomic mass is 16.3. The molecular formula is C28H47N5O3. The second-order valence-electron chi connectivity index (χ2n) is 12.8. The predicted molar refractivity (Wildman–Crippen MR) is 141 cm³/mol. The van der Waals surface area contributed by atoms with E-state index in [1.165, 1.54) is 6.92 Å². The summed E-state index contributed by atoms with van der Waals surface area (Å²) in [4.78, 5) is 24.5. The standard InChI is InChI=1S/C28H47N5O3/c1-5-6-10-28(30)24(8-7-21-15-25(3,36)12-13-26(21,28)4)27(29)11-9-20(14-27)23(35)18-33-17-22(16-31-33)32-19(2)34/h16-17,20-21,24,36H,5-15,18,29-30H2,1-4H3,(H,32,34)/t20-,21+,24-,25+,26-,27-,28+/m0/s1. The summed E-state index contributed by atoms with van der Waals surface area (Å²) in [5.74, 6) is 0.443. The third kappa shape index (κ3) is 5.01. The van der Waals surface area contributed by atoms with Crippen LogP contribution in [0, 0.1) is 23.2 Å². The van der Waals surface area contributed by atoms with Crippen LogP contribution in [0.25, 0.3) is 0 Å². The van der Waals surface area contributed by atoms with Gasteiger partial charge >= 0.3 is 0 Å². The number of nitrogens with two attached hydrogens (primary N) is 2. The Kier molecular flexibility index (Phi) is 7.45. The number of unbranched alkanes of at least 4 members (excludes halogenated alkanes) is 1. The molecule has 7 atom stereocenters. The van der Waals surface area contributed by atoms with Crippen LogP contribution < -0.4 is 16.8 Å². The fourth-order valence-corrected chi connectivity index (χ4v) is 8.08. The van der Waals surface area contributed by atoms with Crippen LogP contribution in [0.1, 0.15) is 98.3 Å². The highest BCUT2D eigenvalue weighted by Gasteiger charge is 2.63. The normalized spacial score (nSPS) is 40.6. The number of hydrogen-bond acceptors (Lipinski definition) is 6. The van der Waals surface area contributed by atoms with Gasteiger partial charge in [0.15, 0.2) is 5.78 Å². The largest absolute Gasteiger partial charge is 0.390 e. The van der Waals surface area contributed by atoms with Gasteiger partial charge in [0.05, 0.1) is 24.0 Å². The molecule has 0 unspecified atom stereocenters. The van der Waals surface area contributed by atoms with Crippen molar-refractivity contribution >= 4 is 17.4 Å². The van der Waals surface area contributed by atoms with Crippen LogP contribution in [0.2, 0.25) is 0 Å². The van der Waals surface area contributed by atoms with E-state index < -0.39 is 16.7 Å². The SMILES string of the molecule is CCCC[C@@]1(N)[C@H]([C@]2(N)CC[C@H](C(=O)Cn3cc(NC(C)=O)cn3)C2)CC[C@@H]2C[C@](C)(O)CC[C@@]21C. The van der Waals surface area contributed by atoms with Gasteiger partial charge in [0, 0.05) is 30.1 Å². The number of ketones is 1. The highest BCUT2D eigenvalue weighted by Crippen LogP contribution is 2.62. The molecule has 0 aromatic carbocycles. The van der Waals surface area contributed by atoms with Crippen molar-refractivity contribution in [3.05, 3.63) is 12.4 Å². The van der Waals surface area contributed by atoms with Gasteiger partial charge in [-0.05, 0) is 82.0 Å². The number of anilines is 1. The monoisotopic (exact) mass is 501 g/mol. The first-order valence-corrected chi connectivity index (χ1v) is 13.9. The van der Waals surface area contributed by atoms with Crippen molar-refractivity contribution in [3.63, 3.8) is 0 Å². The van der Waals surface area contributed by atoms with E-state index in [4.69, 9.17) is 11.5 Å². The predicted octanol–water partition coefficient (Wildman–Crippen LogP) is 3.76. The Balaban J connectivity index is 1.51. The van der Waals surface area contributed by atoms with E-state index in [1.807, 2.05) is 6.92 Å². The van der Waals surface area contributed by atoms with Crippen molar-refractivity contribution in [2.75, 3.05) is 5.32 Å².